The Labute approximate surface area is 107 Å². The zero-order chi connectivity index (χ0) is 12.8. The molecule has 1 aromatic heterocycles. The zero-order valence-corrected chi connectivity index (χ0v) is 10.5. The maximum absolute atomic E-state index is 9.56. The van der Waals surface area contributed by atoms with E-state index < -0.39 is 6.10 Å². The van der Waals surface area contributed by atoms with Crippen LogP contribution in [0.15, 0.2) is 36.5 Å². The van der Waals surface area contributed by atoms with Crippen molar-refractivity contribution in [3.8, 4) is 0 Å². The average Bonchev–Trinajstić information content (AvgIpc) is 2.39. The second-order valence-electron chi connectivity index (χ2n) is 4.21. The molecule has 0 aliphatic carbocycles. The summed E-state index contributed by atoms with van der Waals surface area (Å²) in [6, 6.07) is 10.1. The van der Waals surface area contributed by atoms with Crippen molar-refractivity contribution in [2.24, 2.45) is 0 Å². The van der Waals surface area contributed by atoms with Gasteiger partial charge in [0.05, 0.1) is 12.7 Å². The number of aromatic nitrogens is 1. The Balaban J connectivity index is 1.99. The molecule has 0 fully saturated rings. The number of aliphatic hydroxyl groups is 1. The van der Waals surface area contributed by atoms with Gasteiger partial charge in [0.2, 0.25) is 0 Å². The highest BCUT2D eigenvalue weighted by Gasteiger charge is 2.04. The first-order chi connectivity index (χ1) is 8.81. The SMILES string of the molecule is COCC(O)CCNc1nccc2ccccc12. The second kappa shape index (κ2) is 6.33. The summed E-state index contributed by atoms with van der Waals surface area (Å²) in [5.41, 5.74) is 0. The van der Waals surface area contributed by atoms with E-state index in [0.717, 1.165) is 16.6 Å². The molecule has 18 heavy (non-hydrogen) atoms. The second-order valence-corrected chi connectivity index (χ2v) is 4.21. The highest BCUT2D eigenvalue weighted by Crippen LogP contribution is 2.20. The molecule has 4 nitrogen and oxygen atoms in total. The molecule has 0 saturated carbocycles. The number of anilines is 1. The van der Waals surface area contributed by atoms with E-state index in [4.69, 9.17) is 4.74 Å². The predicted molar refractivity (Wildman–Crippen MR) is 72.7 cm³/mol. The summed E-state index contributed by atoms with van der Waals surface area (Å²) >= 11 is 0. The van der Waals surface area contributed by atoms with Gasteiger partial charge in [-0.05, 0) is 17.9 Å². The Morgan fingerprint density at radius 1 is 1.33 bits per heavy atom. The molecule has 1 aromatic carbocycles. The van der Waals surface area contributed by atoms with Crippen molar-refractivity contribution in [1.82, 2.24) is 4.98 Å². The summed E-state index contributed by atoms with van der Waals surface area (Å²) in [6.07, 6.45) is 1.99. The lowest BCUT2D eigenvalue weighted by atomic mass is 10.1. The molecule has 96 valence electrons. The Hall–Kier alpha value is -1.65. The smallest absolute Gasteiger partial charge is 0.133 e. The van der Waals surface area contributed by atoms with E-state index in [2.05, 4.69) is 16.4 Å². The first-order valence-corrected chi connectivity index (χ1v) is 6.06. The van der Waals surface area contributed by atoms with Crippen molar-refractivity contribution in [2.75, 3.05) is 25.6 Å². The van der Waals surface area contributed by atoms with Gasteiger partial charge in [0.1, 0.15) is 5.82 Å². The summed E-state index contributed by atoms with van der Waals surface area (Å²) < 4.78 is 4.88. The summed E-state index contributed by atoms with van der Waals surface area (Å²) in [6.45, 7) is 1.04. The lowest BCUT2D eigenvalue weighted by Crippen LogP contribution is -2.18. The van der Waals surface area contributed by atoms with E-state index in [1.54, 1.807) is 13.3 Å². The number of hydrogen-bond acceptors (Lipinski definition) is 4. The number of benzene rings is 1. The molecule has 0 radical (unpaired) electrons. The highest BCUT2D eigenvalue weighted by molar-refractivity contribution is 5.91. The van der Waals surface area contributed by atoms with Gasteiger partial charge in [-0.3, -0.25) is 0 Å². The van der Waals surface area contributed by atoms with Crippen molar-refractivity contribution in [2.45, 2.75) is 12.5 Å². The van der Waals surface area contributed by atoms with E-state index in [9.17, 15) is 5.11 Å². The van der Waals surface area contributed by atoms with E-state index in [1.165, 1.54) is 0 Å². The van der Waals surface area contributed by atoms with Gasteiger partial charge in [0.25, 0.3) is 0 Å². The molecule has 1 unspecified atom stereocenters. The van der Waals surface area contributed by atoms with E-state index in [1.807, 2.05) is 24.3 Å². The number of nitrogens with one attached hydrogen (secondary N) is 1. The molecule has 0 aliphatic rings. The van der Waals surface area contributed by atoms with Crippen molar-refractivity contribution in [3.05, 3.63) is 36.5 Å². The number of hydrogen-bond donors (Lipinski definition) is 2. The minimum absolute atomic E-state index is 0.366. The number of aliphatic hydroxyl groups excluding tert-OH is 1. The van der Waals surface area contributed by atoms with Crippen LogP contribution in [0.25, 0.3) is 10.8 Å². The third-order valence-electron chi connectivity index (χ3n) is 2.80. The lowest BCUT2D eigenvalue weighted by Gasteiger charge is -2.11. The molecule has 2 N–H and O–H groups in total. The number of ether oxygens (including phenoxy) is 1. The molecule has 0 amide bonds. The minimum atomic E-state index is -0.433. The van der Waals surface area contributed by atoms with E-state index >= 15 is 0 Å². The van der Waals surface area contributed by atoms with Crippen LogP contribution in [-0.2, 0) is 4.74 Å². The maximum Gasteiger partial charge on any atom is 0.133 e. The number of rotatable bonds is 6. The third kappa shape index (κ3) is 3.18. The molecular weight excluding hydrogens is 228 g/mol. The Bertz CT molecular complexity index is 497. The summed E-state index contributed by atoms with van der Waals surface area (Å²) in [5.74, 6) is 0.859. The van der Waals surface area contributed by atoms with Gasteiger partial charge in [0.15, 0.2) is 0 Å². The van der Waals surface area contributed by atoms with Crippen LogP contribution in [0.1, 0.15) is 6.42 Å². The molecule has 0 spiro atoms. The third-order valence-corrected chi connectivity index (χ3v) is 2.80. The van der Waals surface area contributed by atoms with Crippen LogP contribution in [0, 0.1) is 0 Å². The molecule has 0 aliphatic heterocycles. The van der Waals surface area contributed by atoms with Crippen LogP contribution in [0.2, 0.25) is 0 Å². The van der Waals surface area contributed by atoms with Crippen LogP contribution in [-0.4, -0.2) is 36.5 Å². The Morgan fingerprint density at radius 2 is 2.17 bits per heavy atom. The monoisotopic (exact) mass is 246 g/mol. The van der Waals surface area contributed by atoms with Crippen molar-refractivity contribution < 1.29 is 9.84 Å². The fourth-order valence-corrected chi connectivity index (χ4v) is 1.89. The van der Waals surface area contributed by atoms with E-state index in [0.29, 0.717) is 19.6 Å². The van der Waals surface area contributed by atoms with Gasteiger partial charge in [-0.25, -0.2) is 4.98 Å². The Kier molecular flexibility index (Phi) is 4.50. The molecule has 4 heteroatoms. The minimum Gasteiger partial charge on any atom is -0.391 e. The Morgan fingerprint density at radius 3 is 3.00 bits per heavy atom. The van der Waals surface area contributed by atoms with Gasteiger partial charge in [0, 0.05) is 25.2 Å². The van der Waals surface area contributed by atoms with Crippen molar-refractivity contribution >= 4 is 16.6 Å². The van der Waals surface area contributed by atoms with Crippen LogP contribution in [0.5, 0.6) is 0 Å². The van der Waals surface area contributed by atoms with Gasteiger partial charge >= 0.3 is 0 Å². The first kappa shape index (κ1) is 12.8. The molecule has 1 atom stereocenters. The quantitative estimate of drug-likeness (QED) is 0.819. The maximum atomic E-state index is 9.56. The number of nitrogens with zero attached hydrogens (tertiary/aromatic N) is 1. The van der Waals surface area contributed by atoms with Crippen molar-refractivity contribution in [3.63, 3.8) is 0 Å². The van der Waals surface area contributed by atoms with Crippen LogP contribution >= 0.6 is 0 Å². The van der Waals surface area contributed by atoms with E-state index in [-0.39, 0.29) is 0 Å². The predicted octanol–water partition coefficient (Wildman–Crippen LogP) is 2.04. The zero-order valence-electron chi connectivity index (χ0n) is 10.5. The first-order valence-electron chi connectivity index (χ1n) is 6.06. The molecular formula is C14H18N2O2. The van der Waals surface area contributed by atoms with Crippen LogP contribution in [0.3, 0.4) is 0 Å². The normalized spacial score (nSPS) is 12.6. The van der Waals surface area contributed by atoms with Gasteiger partial charge < -0.3 is 15.2 Å². The number of fused-ring (bicyclic) bond motifs is 1. The fraction of sp³-hybridized carbons (Fsp3) is 0.357. The fourth-order valence-electron chi connectivity index (χ4n) is 1.89. The molecule has 0 bridgehead atoms. The molecule has 2 rings (SSSR count). The summed E-state index contributed by atoms with van der Waals surface area (Å²) in [7, 11) is 1.59. The van der Waals surface area contributed by atoms with Crippen LogP contribution in [0.4, 0.5) is 5.82 Å². The van der Waals surface area contributed by atoms with Gasteiger partial charge in [-0.2, -0.15) is 0 Å². The highest BCUT2D eigenvalue weighted by atomic mass is 16.5. The van der Waals surface area contributed by atoms with Gasteiger partial charge in [-0.1, -0.05) is 24.3 Å². The van der Waals surface area contributed by atoms with Gasteiger partial charge in [-0.15, -0.1) is 0 Å². The number of methoxy groups -OCH3 is 1. The van der Waals surface area contributed by atoms with Crippen molar-refractivity contribution in [1.29, 1.82) is 0 Å². The lowest BCUT2D eigenvalue weighted by molar-refractivity contribution is 0.0615. The summed E-state index contributed by atoms with van der Waals surface area (Å²) in [4.78, 5) is 4.33. The topological polar surface area (TPSA) is 54.4 Å². The number of pyridine rings is 1. The van der Waals surface area contributed by atoms with Crippen LogP contribution < -0.4 is 5.32 Å². The summed E-state index contributed by atoms with van der Waals surface area (Å²) in [5, 5.41) is 15.1. The largest absolute Gasteiger partial charge is 0.391 e. The molecule has 2 aromatic rings. The molecule has 0 saturated heterocycles. The molecule has 1 heterocycles. The average molecular weight is 246 g/mol. The standard InChI is InChI=1S/C14H18N2O2/c1-18-10-12(17)7-9-16-14-13-5-3-2-4-11(13)6-8-15-14/h2-6,8,12,17H,7,9-10H2,1H3,(H,15,16).